The Balaban J connectivity index is 1.63. The maximum atomic E-state index is 13.3. The zero-order valence-corrected chi connectivity index (χ0v) is 22.4. The summed E-state index contributed by atoms with van der Waals surface area (Å²) in [4.78, 5) is 39.0. The number of alkyl carbamates (subject to hydrolysis) is 1. The first-order valence-electron chi connectivity index (χ1n) is 13.3. The average molecular weight is 521 g/mol. The van der Waals surface area contributed by atoms with Gasteiger partial charge in [0.2, 0.25) is 5.91 Å². The van der Waals surface area contributed by atoms with Gasteiger partial charge >= 0.3 is 6.09 Å². The molecule has 1 saturated carbocycles. The van der Waals surface area contributed by atoms with Crippen molar-refractivity contribution in [1.82, 2.24) is 10.2 Å². The summed E-state index contributed by atoms with van der Waals surface area (Å²) in [7, 11) is 1.32. The standard InChI is InChI=1S/C28H41ClN2O5/c1-20(32)24(16-21-8-4-3-5-9-21)18-26(33)31-14-7-11-23(19-31)27(22-10-6-12-25(29)17-22)36-15-13-30-28(34)35-2/h6,10,12,17,21,23-24,27H,3-5,7-9,11,13-16,18-19H2,1-2H3,(H,30,34)/t23-,24-,27+/m1/s1. The van der Waals surface area contributed by atoms with E-state index in [9.17, 15) is 14.4 Å². The summed E-state index contributed by atoms with van der Waals surface area (Å²) in [6, 6.07) is 7.61. The first-order chi connectivity index (χ1) is 17.4. The second-order valence-electron chi connectivity index (χ2n) is 10.3. The van der Waals surface area contributed by atoms with Gasteiger partial charge in [-0.05, 0) is 49.8 Å². The number of amides is 2. The predicted octanol–water partition coefficient (Wildman–Crippen LogP) is 5.56. The van der Waals surface area contributed by atoms with Gasteiger partial charge in [0, 0.05) is 42.9 Å². The zero-order valence-electron chi connectivity index (χ0n) is 21.7. The number of halogens is 1. The number of ketones is 1. The normalized spacial score (nSPS) is 20.4. The third-order valence-corrected chi connectivity index (χ3v) is 7.84. The number of likely N-dealkylation sites (tertiary alicyclic amines) is 1. The van der Waals surface area contributed by atoms with E-state index in [1.807, 2.05) is 29.2 Å². The van der Waals surface area contributed by atoms with E-state index in [1.54, 1.807) is 6.92 Å². The zero-order chi connectivity index (χ0) is 25.9. The quantitative estimate of drug-likeness (QED) is 0.386. The summed E-state index contributed by atoms with van der Waals surface area (Å²) in [6.45, 7) is 3.54. The van der Waals surface area contributed by atoms with Crippen molar-refractivity contribution in [2.45, 2.75) is 70.8 Å². The molecule has 3 rings (SSSR count). The number of hydrogen-bond donors (Lipinski definition) is 1. The van der Waals surface area contributed by atoms with E-state index in [1.165, 1.54) is 39.2 Å². The van der Waals surface area contributed by atoms with Crippen molar-refractivity contribution in [2.24, 2.45) is 17.8 Å². The van der Waals surface area contributed by atoms with Crippen LogP contribution in [0.4, 0.5) is 4.79 Å². The van der Waals surface area contributed by atoms with E-state index in [4.69, 9.17) is 16.3 Å². The van der Waals surface area contributed by atoms with Gasteiger partial charge in [0.15, 0.2) is 0 Å². The van der Waals surface area contributed by atoms with Crippen LogP contribution >= 0.6 is 11.6 Å². The Morgan fingerprint density at radius 3 is 2.61 bits per heavy atom. The van der Waals surface area contributed by atoms with Crippen molar-refractivity contribution < 1.29 is 23.9 Å². The first-order valence-corrected chi connectivity index (χ1v) is 13.7. The molecule has 2 amide bonds. The topological polar surface area (TPSA) is 84.9 Å². The highest BCUT2D eigenvalue weighted by atomic mass is 35.5. The van der Waals surface area contributed by atoms with Gasteiger partial charge in [-0.1, -0.05) is 55.8 Å². The fraction of sp³-hybridized carbons (Fsp3) is 0.679. The molecule has 0 radical (unpaired) electrons. The third kappa shape index (κ3) is 8.77. The van der Waals surface area contributed by atoms with Crippen LogP contribution < -0.4 is 5.32 Å². The van der Waals surface area contributed by atoms with Crippen LogP contribution in [0.3, 0.4) is 0 Å². The highest BCUT2D eigenvalue weighted by molar-refractivity contribution is 6.30. The van der Waals surface area contributed by atoms with Gasteiger partial charge in [-0.2, -0.15) is 0 Å². The van der Waals surface area contributed by atoms with Crippen molar-refractivity contribution in [3.63, 3.8) is 0 Å². The molecule has 0 unspecified atom stereocenters. The van der Waals surface area contributed by atoms with Crippen molar-refractivity contribution >= 4 is 29.4 Å². The minimum absolute atomic E-state index is 0.0629. The highest BCUT2D eigenvalue weighted by Gasteiger charge is 2.33. The number of piperidine rings is 1. The summed E-state index contributed by atoms with van der Waals surface area (Å²) in [6.07, 6.45) is 8.27. The van der Waals surface area contributed by atoms with Gasteiger partial charge < -0.3 is 19.7 Å². The number of carbonyl (C=O) groups is 3. The van der Waals surface area contributed by atoms with Gasteiger partial charge in [-0.15, -0.1) is 0 Å². The number of hydrogen-bond acceptors (Lipinski definition) is 5. The predicted molar refractivity (Wildman–Crippen MR) is 140 cm³/mol. The molecule has 0 aromatic heterocycles. The summed E-state index contributed by atoms with van der Waals surface area (Å²) in [5, 5.41) is 3.27. The van der Waals surface area contributed by atoms with Crippen LogP contribution in [-0.4, -0.2) is 56.0 Å². The molecular formula is C28H41ClN2O5. The second-order valence-corrected chi connectivity index (χ2v) is 10.7. The Labute approximate surface area is 220 Å². The summed E-state index contributed by atoms with van der Waals surface area (Å²) < 4.78 is 10.9. The molecular weight excluding hydrogens is 480 g/mol. The molecule has 0 bridgehead atoms. The van der Waals surface area contributed by atoms with Gasteiger partial charge in [-0.3, -0.25) is 9.59 Å². The summed E-state index contributed by atoms with van der Waals surface area (Å²) in [5.74, 6) is 0.654. The van der Waals surface area contributed by atoms with Crippen molar-refractivity contribution in [3.05, 3.63) is 34.9 Å². The van der Waals surface area contributed by atoms with E-state index in [2.05, 4.69) is 10.1 Å². The average Bonchev–Trinajstić information content (AvgIpc) is 2.88. The monoisotopic (exact) mass is 520 g/mol. The largest absolute Gasteiger partial charge is 0.453 e. The Morgan fingerprint density at radius 1 is 1.14 bits per heavy atom. The van der Waals surface area contributed by atoms with Crippen molar-refractivity contribution in [2.75, 3.05) is 33.4 Å². The Hall–Kier alpha value is -2.12. The lowest BCUT2D eigenvalue weighted by Crippen LogP contribution is -2.43. The van der Waals surface area contributed by atoms with E-state index in [0.717, 1.165) is 24.8 Å². The lowest BCUT2D eigenvalue weighted by Gasteiger charge is -2.38. The molecule has 36 heavy (non-hydrogen) atoms. The molecule has 0 spiro atoms. The van der Waals surface area contributed by atoms with E-state index < -0.39 is 6.09 Å². The van der Waals surface area contributed by atoms with Crippen molar-refractivity contribution in [3.8, 4) is 0 Å². The molecule has 3 atom stereocenters. The molecule has 2 aliphatic rings. The number of rotatable bonds is 11. The summed E-state index contributed by atoms with van der Waals surface area (Å²) >= 11 is 6.27. The van der Waals surface area contributed by atoms with Crippen molar-refractivity contribution in [1.29, 1.82) is 0 Å². The smallest absolute Gasteiger partial charge is 0.406 e. The molecule has 1 aliphatic heterocycles. The van der Waals surface area contributed by atoms with E-state index >= 15 is 0 Å². The van der Waals surface area contributed by atoms with Gasteiger partial charge in [-0.25, -0.2) is 4.79 Å². The Bertz CT molecular complexity index is 873. The first kappa shape index (κ1) is 28.5. The number of carbonyl (C=O) groups excluding carboxylic acids is 3. The molecule has 2 fully saturated rings. The third-order valence-electron chi connectivity index (χ3n) is 7.61. The van der Waals surface area contributed by atoms with Crippen LogP contribution in [0.15, 0.2) is 24.3 Å². The number of Topliss-reactive ketones (excluding diaryl/α,β-unsaturated/α-hetero) is 1. The second kappa shape index (κ2) is 14.6. The molecule has 7 nitrogen and oxygen atoms in total. The Kier molecular flexibility index (Phi) is 11.5. The minimum Gasteiger partial charge on any atom is -0.453 e. The molecule has 200 valence electrons. The molecule has 1 N–H and O–H groups in total. The fourth-order valence-corrected chi connectivity index (χ4v) is 5.84. The number of nitrogens with zero attached hydrogens (tertiary/aromatic N) is 1. The number of ether oxygens (including phenoxy) is 2. The molecule has 1 heterocycles. The van der Waals surface area contributed by atoms with E-state index in [0.29, 0.717) is 43.6 Å². The number of methoxy groups -OCH3 is 1. The Morgan fingerprint density at radius 2 is 1.92 bits per heavy atom. The summed E-state index contributed by atoms with van der Waals surface area (Å²) in [5.41, 5.74) is 0.957. The SMILES string of the molecule is COC(=O)NCCO[C@@H](c1cccc(Cl)c1)[C@@H]1CCCN(C(=O)C[C@@H](CC2CCCCC2)C(C)=O)C1. The lowest BCUT2D eigenvalue weighted by atomic mass is 9.80. The fourth-order valence-electron chi connectivity index (χ4n) is 5.64. The molecule has 8 heteroatoms. The van der Waals surface area contributed by atoms with Crippen LogP contribution in [-0.2, 0) is 19.1 Å². The van der Waals surface area contributed by atoms with Crippen LogP contribution in [0.1, 0.15) is 76.4 Å². The molecule has 1 aromatic rings. The molecule has 1 aromatic carbocycles. The maximum Gasteiger partial charge on any atom is 0.406 e. The van der Waals surface area contributed by atoms with Crippen LogP contribution in [0.2, 0.25) is 5.02 Å². The lowest BCUT2D eigenvalue weighted by molar-refractivity contribution is -0.138. The van der Waals surface area contributed by atoms with Crippen LogP contribution in [0.25, 0.3) is 0 Å². The number of nitrogens with one attached hydrogen (secondary N) is 1. The minimum atomic E-state index is -0.499. The van der Waals surface area contributed by atoms with Crippen LogP contribution in [0, 0.1) is 17.8 Å². The van der Waals surface area contributed by atoms with Gasteiger partial charge in [0.25, 0.3) is 0 Å². The highest BCUT2D eigenvalue weighted by Crippen LogP contribution is 2.35. The number of benzene rings is 1. The van der Waals surface area contributed by atoms with Crippen LogP contribution in [0.5, 0.6) is 0 Å². The maximum absolute atomic E-state index is 13.3. The van der Waals surface area contributed by atoms with Gasteiger partial charge in [0.1, 0.15) is 5.78 Å². The van der Waals surface area contributed by atoms with Gasteiger partial charge in [0.05, 0.1) is 19.8 Å². The molecule has 1 saturated heterocycles. The molecule has 1 aliphatic carbocycles. The van der Waals surface area contributed by atoms with E-state index in [-0.39, 0.29) is 29.6 Å².